The molecule has 0 spiro atoms. The summed E-state index contributed by atoms with van der Waals surface area (Å²) in [6.07, 6.45) is 0. The third-order valence-corrected chi connectivity index (χ3v) is 4.14. The molecular weight excluding hydrogens is 361 g/mol. The van der Waals surface area contributed by atoms with Crippen molar-refractivity contribution in [1.29, 1.82) is 0 Å². The number of rotatable bonds is 6. The lowest BCUT2D eigenvalue weighted by molar-refractivity contribution is -0.119. The first-order valence-electron chi connectivity index (χ1n) is 7.54. The van der Waals surface area contributed by atoms with Crippen LogP contribution in [0, 0.1) is 5.82 Å². The van der Waals surface area contributed by atoms with Crippen LogP contribution < -0.4 is 20.9 Å². The third kappa shape index (κ3) is 6.98. The van der Waals surface area contributed by atoms with Gasteiger partial charge in [0.05, 0.1) is 12.4 Å². The highest BCUT2D eigenvalue weighted by atomic mass is 32.2. The van der Waals surface area contributed by atoms with Crippen LogP contribution in [0.4, 0.5) is 10.1 Å². The second-order valence-corrected chi connectivity index (χ2v) is 6.28. The first-order chi connectivity index (χ1) is 12.1. The van der Waals surface area contributed by atoms with Crippen LogP contribution in [0.2, 0.25) is 0 Å². The summed E-state index contributed by atoms with van der Waals surface area (Å²) in [4.78, 5) is 12.8. The van der Waals surface area contributed by atoms with Gasteiger partial charge in [-0.1, -0.05) is 0 Å². The molecule has 0 atom stereocenters. The normalized spacial score (nSPS) is 10.0. The monoisotopic (exact) mass is 379 g/mol. The molecule has 0 fully saturated rings. The fraction of sp³-hybridized carbons (Fsp3) is 0.176. The van der Waals surface area contributed by atoms with Crippen molar-refractivity contribution >= 4 is 40.7 Å². The molecule has 5 nitrogen and oxygen atoms in total. The number of ether oxygens (including phenoxy) is 1. The number of hydrogen-bond acceptors (Lipinski definition) is 4. The summed E-state index contributed by atoms with van der Waals surface area (Å²) in [5.41, 5.74) is 5.73. The fourth-order valence-electron chi connectivity index (χ4n) is 1.81. The van der Waals surface area contributed by atoms with Crippen molar-refractivity contribution in [3.8, 4) is 5.75 Å². The van der Waals surface area contributed by atoms with E-state index in [1.165, 1.54) is 23.9 Å². The molecule has 0 saturated heterocycles. The molecule has 0 aliphatic carbocycles. The van der Waals surface area contributed by atoms with Crippen LogP contribution in [0.5, 0.6) is 5.75 Å². The van der Waals surface area contributed by atoms with Crippen molar-refractivity contribution < 1.29 is 13.9 Å². The predicted octanol–water partition coefficient (Wildman–Crippen LogP) is 3.33. The summed E-state index contributed by atoms with van der Waals surface area (Å²) >= 11 is 6.45. The van der Waals surface area contributed by atoms with Crippen LogP contribution in [0.3, 0.4) is 0 Å². The molecule has 0 radical (unpaired) electrons. The van der Waals surface area contributed by atoms with Gasteiger partial charge >= 0.3 is 0 Å². The van der Waals surface area contributed by atoms with Crippen molar-refractivity contribution in [2.24, 2.45) is 0 Å². The Labute approximate surface area is 155 Å². The second-order valence-electron chi connectivity index (χ2n) is 4.83. The van der Waals surface area contributed by atoms with Gasteiger partial charge in [0, 0.05) is 10.6 Å². The maximum Gasteiger partial charge on any atom is 0.248 e. The lowest BCUT2D eigenvalue weighted by atomic mass is 10.3. The number of amides is 1. The van der Waals surface area contributed by atoms with Crippen molar-refractivity contribution in [2.75, 3.05) is 17.7 Å². The Bertz CT molecular complexity index is 709. The van der Waals surface area contributed by atoms with Crippen LogP contribution in [0.25, 0.3) is 0 Å². The first kappa shape index (κ1) is 19.0. The number of hydrogen-bond donors (Lipinski definition) is 3. The molecule has 0 aliphatic heterocycles. The zero-order chi connectivity index (χ0) is 18.1. The van der Waals surface area contributed by atoms with E-state index in [1.807, 2.05) is 31.2 Å². The van der Waals surface area contributed by atoms with Gasteiger partial charge in [0.25, 0.3) is 0 Å². The number of carbonyl (C=O) groups is 1. The van der Waals surface area contributed by atoms with E-state index in [1.54, 1.807) is 12.1 Å². The number of hydrazine groups is 1. The van der Waals surface area contributed by atoms with E-state index in [4.69, 9.17) is 17.0 Å². The molecule has 2 aromatic carbocycles. The van der Waals surface area contributed by atoms with Crippen molar-refractivity contribution in [2.45, 2.75) is 11.8 Å². The van der Waals surface area contributed by atoms with Gasteiger partial charge in [-0.05, 0) is 67.7 Å². The molecule has 0 aliphatic rings. The largest absolute Gasteiger partial charge is 0.494 e. The Morgan fingerprint density at radius 3 is 2.44 bits per heavy atom. The first-order valence-corrected chi connectivity index (χ1v) is 8.93. The fourth-order valence-corrected chi connectivity index (χ4v) is 2.67. The van der Waals surface area contributed by atoms with Crippen LogP contribution in [-0.2, 0) is 4.79 Å². The molecule has 0 bridgehead atoms. The molecule has 2 rings (SSSR count). The number of nitrogens with one attached hydrogen (secondary N) is 3. The van der Waals surface area contributed by atoms with Gasteiger partial charge in [-0.15, -0.1) is 11.8 Å². The Kier molecular flexibility index (Phi) is 7.49. The van der Waals surface area contributed by atoms with Crippen LogP contribution in [0.15, 0.2) is 53.4 Å². The lowest BCUT2D eigenvalue weighted by Crippen LogP contribution is -2.44. The average molecular weight is 379 g/mol. The molecule has 25 heavy (non-hydrogen) atoms. The molecule has 0 unspecified atom stereocenters. The highest BCUT2D eigenvalue weighted by molar-refractivity contribution is 8.00. The lowest BCUT2D eigenvalue weighted by Gasteiger charge is -2.11. The Morgan fingerprint density at radius 1 is 1.12 bits per heavy atom. The van der Waals surface area contributed by atoms with Crippen molar-refractivity contribution in [1.82, 2.24) is 10.9 Å². The zero-order valence-electron chi connectivity index (χ0n) is 13.5. The third-order valence-electron chi connectivity index (χ3n) is 2.92. The molecule has 132 valence electrons. The SMILES string of the molecule is CCOc1ccc(SCC(=O)NNC(=S)Nc2ccc(F)cc2)cc1. The Morgan fingerprint density at radius 2 is 1.80 bits per heavy atom. The summed E-state index contributed by atoms with van der Waals surface area (Å²) in [6, 6.07) is 13.3. The molecule has 0 heterocycles. The van der Waals surface area contributed by atoms with Gasteiger partial charge in [0.15, 0.2) is 5.11 Å². The minimum absolute atomic E-state index is 0.214. The van der Waals surface area contributed by atoms with Gasteiger partial charge in [-0.3, -0.25) is 15.6 Å². The number of anilines is 1. The van der Waals surface area contributed by atoms with E-state index < -0.39 is 0 Å². The maximum absolute atomic E-state index is 12.8. The smallest absolute Gasteiger partial charge is 0.248 e. The number of halogens is 1. The summed E-state index contributed by atoms with van der Waals surface area (Å²) < 4.78 is 18.2. The highest BCUT2D eigenvalue weighted by Gasteiger charge is 2.04. The second kappa shape index (κ2) is 9.85. The maximum atomic E-state index is 12.8. The van der Waals surface area contributed by atoms with Crippen LogP contribution in [0.1, 0.15) is 6.92 Å². The van der Waals surface area contributed by atoms with Gasteiger partial charge in [0.1, 0.15) is 11.6 Å². The minimum Gasteiger partial charge on any atom is -0.494 e. The Balaban J connectivity index is 1.69. The van der Waals surface area contributed by atoms with Crippen molar-refractivity contribution in [3.63, 3.8) is 0 Å². The van der Waals surface area contributed by atoms with E-state index in [0.29, 0.717) is 12.3 Å². The molecule has 3 N–H and O–H groups in total. The number of carbonyl (C=O) groups excluding carboxylic acids is 1. The topological polar surface area (TPSA) is 62.4 Å². The van der Waals surface area contributed by atoms with E-state index in [9.17, 15) is 9.18 Å². The summed E-state index contributed by atoms with van der Waals surface area (Å²) in [5.74, 6) is 0.488. The standard InChI is InChI=1S/C17H18FN3O2S2/c1-2-23-14-7-9-15(10-8-14)25-11-16(22)20-21-17(24)19-13-5-3-12(18)4-6-13/h3-10H,2,11H2,1H3,(H,20,22)(H2,19,21,24). The van der Waals surface area contributed by atoms with Gasteiger partial charge in [0.2, 0.25) is 5.91 Å². The molecule has 1 amide bonds. The van der Waals surface area contributed by atoms with Gasteiger partial charge < -0.3 is 10.1 Å². The zero-order valence-corrected chi connectivity index (χ0v) is 15.2. The summed E-state index contributed by atoms with van der Waals surface area (Å²) in [6.45, 7) is 2.54. The average Bonchev–Trinajstić information content (AvgIpc) is 2.61. The molecule has 0 saturated carbocycles. The number of thioether (sulfide) groups is 1. The van der Waals surface area contributed by atoms with Gasteiger partial charge in [-0.25, -0.2) is 4.39 Å². The summed E-state index contributed by atoms with van der Waals surface area (Å²) in [7, 11) is 0. The molecular formula is C17H18FN3O2S2. The van der Waals surface area contributed by atoms with E-state index in [-0.39, 0.29) is 22.6 Å². The minimum atomic E-state index is -0.330. The quantitative estimate of drug-likeness (QED) is 0.407. The molecule has 2 aromatic rings. The Hall–Kier alpha value is -2.32. The number of thiocarbonyl (C=S) groups is 1. The predicted molar refractivity (Wildman–Crippen MR) is 102 cm³/mol. The van der Waals surface area contributed by atoms with E-state index in [0.717, 1.165) is 10.6 Å². The van der Waals surface area contributed by atoms with E-state index >= 15 is 0 Å². The van der Waals surface area contributed by atoms with Crippen LogP contribution >= 0.6 is 24.0 Å². The van der Waals surface area contributed by atoms with Crippen molar-refractivity contribution in [3.05, 3.63) is 54.3 Å². The summed E-state index contributed by atoms with van der Waals surface area (Å²) in [5, 5.41) is 3.05. The highest BCUT2D eigenvalue weighted by Crippen LogP contribution is 2.21. The van der Waals surface area contributed by atoms with Crippen LogP contribution in [-0.4, -0.2) is 23.4 Å². The van der Waals surface area contributed by atoms with E-state index in [2.05, 4.69) is 16.2 Å². The molecule has 8 heteroatoms. The number of benzene rings is 2. The van der Waals surface area contributed by atoms with Gasteiger partial charge in [-0.2, -0.15) is 0 Å². The molecule has 0 aromatic heterocycles.